The third-order valence-corrected chi connectivity index (χ3v) is 2.16. The van der Waals surface area contributed by atoms with Gasteiger partial charge in [0.15, 0.2) is 0 Å². The second kappa shape index (κ2) is 5.77. The monoisotopic (exact) mass is 249 g/mol. The number of rotatable bonds is 5. The van der Waals surface area contributed by atoms with Gasteiger partial charge in [-0.15, -0.1) is 0 Å². The SMILES string of the molecule is COc1cccc(OC)c1CNCC(F)(F)F. The van der Waals surface area contributed by atoms with Gasteiger partial charge in [-0.1, -0.05) is 6.07 Å². The number of nitrogens with one attached hydrogen (secondary N) is 1. The number of hydrogen-bond donors (Lipinski definition) is 1. The summed E-state index contributed by atoms with van der Waals surface area (Å²) in [6.45, 7) is -1.01. The van der Waals surface area contributed by atoms with Gasteiger partial charge in [-0.25, -0.2) is 0 Å². The Balaban J connectivity index is 2.74. The Morgan fingerprint density at radius 3 is 2.06 bits per heavy atom. The van der Waals surface area contributed by atoms with Gasteiger partial charge in [0.1, 0.15) is 11.5 Å². The lowest BCUT2D eigenvalue weighted by atomic mass is 10.1. The predicted molar refractivity (Wildman–Crippen MR) is 57.3 cm³/mol. The summed E-state index contributed by atoms with van der Waals surface area (Å²) < 4.78 is 46.1. The molecule has 1 N–H and O–H groups in total. The van der Waals surface area contributed by atoms with Crippen LogP contribution in [0.2, 0.25) is 0 Å². The number of methoxy groups -OCH3 is 2. The molecule has 96 valence electrons. The molecule has 0 fully saturated rings. The Hall–Kier alpha value is -1.43. The lowest BCUT2D eigenvalue weighted by Gasteiger charge is -2.14. The van der Waals surface area contributed by atoms with E-state index in [4.69, 9.17) is 9.47 Å². The maximum atomic E-state index is 12.0. The first-order valence-electron chi connectivity index (χ1n) is 4.95. The van der Waals surface area contributed by atoms with Crippen molar-refractivity contribution in [2.45, 2.75) is 12.7 Å². The first-order valence-corrected chi connectivity index (χ1v) is 4.95. The van der Waals surface area contributed by atoms with Crippen molar-refractivity contribution in [3.63, 3.8) is 0 Å². The first kappa shape index (κ1) is 13.6. The topological polar surface area (TPSA) is 30.5 Å². The van der Waals surface area contributed by atoms with E-state index in [0.717, 1.165) is 0 Å². The zero-order valence-electron chi connectivity index (χ0n) is 9.60. The van der Waals surface area contributed by atoms with E-state index >= 15 is 0 Å². The molecule has 0 saturated heterocycles. The fourth-order valence-corrected chi connectivity index (χ4v) is 1.43. The fourth-order valence-electron chi connectivity index (χ4n) is 1.43. The molecule has 0 bridgehead atoms. The molecule has 0 atom stereocenters. The van der Waals surface area contributed by atoms with Crippen LogP contribution >= 0.6 is 0 Å². The third kappa shape index (κ3) is 4.14. The van der Waals surface area contributed by atoms with E-state index in [1.165, 1.54) is 14.2 Å². The second-order valence-electron chi connectivity index (χ2n) is 3.36. The molecule has 3 nitrogen and oxygen atoms in total. The smallest absolute Gasteiger partial charge is 0.401 e. The molecule has 0 aliphatic carbocycles. The van der Waals surface area contributed by atoms with Crippen LogP contribution in [-0.2, 0) is 6.54 Å². The van der Waals surface area contributed by atoms with Gasteiger partial charge in [-0.05, 0) is 12.1 Å². The molecule has 1 rings (SSSR count). The van der Waals surface area contributed by atoms with E-state index in [9.17, 15) is 13.2 Å². The zero-order valence-corrected chi connectivity index (χ0v) is 9.60. The van der Waals surface area contributed by atoms with Crippen LogP contribution < -0.4 is 14.8 Å². The lowest BCUT2D eigenvalue weighted by Crippen LogP contribution is -2.28. The average molecular weight is 249 g/mol. The number of hydrogen-bond acceptors (Lipinski definition) is 3. The highest BCUT2D eigenvalue weighted by Crippen LogP contribution is 2.28. The molecule has 0 radical (unpaired) electrons. The van der Waals surface area contributed by atoms with Crippen LogP contribution in [0.5, 0.6) is 11.5 Å². The first-order chi connectivity index (χ1) is 7.98. The molecule has 1 aromatic carbocycles. The fraction of sp³-hybridized carbons (Fsp3) is 0.455. The zero-order chi connectivity index (χ0) is 12.9. The number of ether oxygens (including phenoxy) is 2. The average Bonchev–Trinajstić information content (AvgIpc) is 2.27. The minimum atomic E-state index is -4.23. The Labute approximate surface area is 97.5 Å². The molecule has 1 aromatic rings. The van der Waals surface area contributed by atoms with Gasteiger partial charge in [0.2, 0.25) is 0 Å². The quantitative estimate of drug-likeness (QED) is 0.869. The maximum absolute atomic E-state index is 12.0. The van der Waals surface area contributed by atoms with E-state index in [2.05, 4.69) is 5.32 Å². The highest BCUT2D eigenvalue weighted by molar-refractivity contribution is 5.44. The highest BCUT2D eigenvalue weighted by Gasteiger charge is 2.26. The number of benzene rings is 1. The molecule has 0 unspecified atom stereocenters. The van der Waals surface area contributed by atoms with Crippen molar-refractivity contribution in [2.75, 3.05) is 20.8 Å². The summed E-state index contributed by atoms with van der Waals surface area (Å²) in [5.74, 6) is 0.998. The minimum Gasteiger partial charge on any atom is -0.496 e. The second-order valence-corrected chi connectivity index (χ2v) is 3.36. The summed E-state index contributed by atoms with van der Waals surface area (Å²) in [6.07, 6.45) is -4.23. The summed E-state index contributed by atoms with van der Waals surface area (Å²) in [6, 6.07) is 5.06. The van der Waals surface area contributed by atoms with E-state index < -0.39 is 12.7 Å². The van der Waals surface area contributed by atoms with E-state index in [1.807, 2.05) is 0 Å². The van der Waals surface area contributed by atoms with Crippen molar-refractivity contribution in [3.05, 3.63) is 23.8 Å². The molecule has 0 saturated carbocycles. The van der Waals surface area contributed by atoms with E-state index in [1.54, 1.807) is 18.2 Å². The standard InChI is InChI=1S/C11H14F3NO2/c1-16-9-4-3-5-10(17-2)8(9)6-15-7-11(12,13)14/h3-5,15H,6-7H2,1-2H3. The molecule has 0 amide bonds. The summed E-state index contributed by atoms with van der Waals surface area (Å²) in [5, 5.41) is 2.31. The molecule has 0 heterocycles. The van der Waals surface area contributed by atoms with Crippen LogP contribution in [0, 0.1) is 0 Å². The van der Waals surface area contributed by atoms with Crippen molar-refractivity contribution < 1.29 is 22.6 Å². The van der Waals surface area contributed by atoms with Gasteiger partial charge in [-0.2, -0.15) is 13.2 Å². The molecule has 0 aromatic heterocycles. The normalized spacial score (nSPS) is 11.4. The lowest BCUT2D eigenvalue weighted by molar-refractivity contribution is -0.125. The molecule has 6 heteroatoms. The van der Waals surface area contributed by atoms with Crippen molar-refractivity contribution in [1.29, 1.82) is 0 Å². The molecule has 0 spiro atoms. The molecule has 0 aliphatic rings. The minimum absolute atomic E-state index is 0.0344. The van der Waals surface area contributed by atoms with E-state index in [0.29, 0.717) is 17.1 Å². The van der Waals surface area contributed by atoms with Gasteiger partial charge >= 0.3 is 6.18 Å². The van der Waals surface area contributed by atoms with Crippen LogP contribution in [0.25, 0.3) is 0 Å². The summed E-state index contributed by atoms with van der Waals surface area (Å²) in [4.78, 5) is 0. The van der Waals surface area contributed by atoms with Crippen LogP contribution in [0.4, 0.5) is 13.2 Å². The molecular formula is C11H14F3NO2. The van der Waals surface area contributed by atoms with Crippen LogP contribution in [0.3, 0.4) is 0 Å². The molecule has 0 aliphatic heterocycles. The number of halogens is 3. The Bertz CT molecular complexity index is 344. The van der Waals surface area contributed by atoms with Gasteiger partial charge in [0, 0.05) is 12.1 Å². The molecular weight excluding hydrogens is 235 g/mol. The number of alkyl halides is 3. The predicted octanol–water partition coefficient (Wildman–Crippen LogP) is 2.36. The Kier molecular flexibility index (Phi) is 4.62. The van der Waals surface area contributed by atoms with Gasteiger partial charge in [0.05, 0.1) is 20.8 Å². The van der Waals surface area contributed by atoms with Crippen molar-refractivity contribution >= 4 is 0 Å². The van der Waals surface area contributed by atoms with Crippen molar-refractivity contribution in [1.82, 2.24) is 5.32 Å². The highest BCUT2D eigenvalue weighted by atomic mass is 19.4. The van der Waals surface area contributed by atoms with Crippen LogP contribution in [0.1, 0.15) is 5.56 Å². The Morgan fingerprint density at radius 2 is 1.65 bits per heavy atom. The van der Waals surface area contributed by atoms with Crippen molar-refractivity contribution in [2.24, 2.45) is 0 Å². The van der Waals surface area contributed by atoms with Crippen LogP contribution in [-0.4, -0.2) is 26.9 Å². The van der Waals surface area contributed by atoms with E-state index in [-0.39, 0.29) is 6.54 Å². The van der Waals surface area contributed by atoms with Crippen LogP contribution in [0.15, 0.2) is 18.2 Å². The summed E-state index contributed by atoms with van der Waals surface area (Å²) >= 11 is 0. The van der Waals surface area contributed by atoms with Gasteiger partial charge in [0.25, 0.3) is 0 Å². The summed E-state index contributed by atoms with van der Waals surface area (Å²) in [7, 11) is 2.92. The van der Waals surface area contributed by atoms with Gasteiger partial charge < -0.3 is 14.8 Å². The summed E-state index contributed by atoms with van der Waals surface area (Å²) in [5.41, 5.74) is 0.571. The van der Waals surface area contributed by atoms with Crippen molar-refractivity contribution in [3.8, 4) is 11.5 Å². The molecule has 17 heavy (non-hydrogen) atoms. The van der Waals surface area contributed by atoms with Gasteiger partial charge in [-0.3, -0.25) is 0 Å². The Morgan fingerprint density at radius 1 is 1.12 bits per heavy atom. The third-order valence-electron chi connectivity index (χ3n) is 2.16. The largest absolute Gasteiger partial charge is 0.496 e. The maximum Gasteiger partial charge on any atom is 0.401 e.